The highest BCUT2D eigenvalue weighted by atomic mass is 16.3. The number of rotatable bonds is 14. The van der Waals surface area contributed by atoms with Gasteiger partial charge in [0.25, 0.3) is 0 Å². The van der Waals surface area contributed by atoms with Gasteiger partial charge in [-0.05, 0) is 25.3 Å². The molecule has 1 N–H and O–H groups in total. The first kappa shape index (κ1) is 22.2. The molecule has 2 heteroatoms. The standard InChI is InChI=1S/C23H42NO/c1-5-6-7-8-9-10-11-12-13-17-20-24(3,4)21(2)23(25)22-18-15-14-16-19-22/h14-16,18-19,21,23,25H,5-13,17,20H2,1-4H3/q+1. The van der Waals surface area contributed by atoms with Gasteiger partial charge >= 0.3 is 0 Å². The van der Waals surface area contributed by atoms with Crippen molar-refractivity contribution in [1.82, 2.24) is 0 Å². The number of benzene rings is 1. The quantitative estimate of drug-likeness (QED) is 0.318. The van der Waals surface area contributed by atoms with E-state index >= 15 is 0 Å². The molecule has 0 spiro atoms. The van der Waals surface area contributed by atoms with E-state index in [4.69, 9.17) is 0 Å². The maximum absolute atomic E-state index is 10.7. The molecule has 0 radical (unpaired) electrons. The molecule has 0 saturated heterocycles. The van der Waals surface area contributed by atoms with Crippen LogP contribution in [0.1, 0.15) is 89.7 Å². The summed E-state index contributed by atoms with van der Waals surface area (Å²) in [6.07, 6.45) is 13.4. The Bertz CT molecular complexity index is 429. The van der Waals surface area contributed by atoms with E-state index in [1.54, 1.807) is 0 Å². The molecule has 0 aliphatic rings. The molecule has 0 heterocycles. The number of likely N-dealkylation sites (N-methyl/N-ethyl adjacent to an activating group) is 1. The number of nitrogens with zero attached hydrogens (tertiary/aromatic N) is 1. The summed E-state index contributed by atoms with van der Waals surface area (Å²) < 4.78 is 0.882. The molecule has 0 saturated carbocycles. The summed E-state index contributed by atoms with van der Waals surface area (Å²) in [4.78, 5) is 0. The first-order valence-corrected chi connectivity index (χ1v) is 10.5. The second-order valence-corrected chi connectivity index (χ2v) is 8.28. The molecule has 0 aromatic heterocycles. The minimum atomic E-state index is -0.390. The Morgan fingerprint density at radius 3 is 1.80 bits per heavy atom. The summed E-state index contributed by atoms with van der Waals surface area (Å²) >= 11 is 0. The lowest BCUT2D eigenvalue weighted by molar-refractivity contribution is -0.917. The van der Waals surface area contributed by atoms with Gasteiger partial charge in [0, 0.05) is 0 Å². The van der Waals surface area contributed by atoms with Crippen LogP contribution in [0.4, 0.5) is 0 Å². The minimum absolute atomic E-state index is 0.209. The van der Waals surface area contributed by atoms with Crippen molar-refractivity contribution in [3.05, 3.63) is 35.9 Å². The third-order valence-corrected chi connectivity index (χ3v) is 5.79. The van der Waals surface area contributed by atoms with Crippen LogP contribution in [0.15, 0.2) is 30.3 Å². The molecule has 2 atom stereocenters. The average molecular weight is 349 g/mol. The van der Waals surface area contributed by atoms with Crippen molar-refractivity contribution < 1.29 is 9.59 Å². The van der Waals surface area contributed by atoms with Gasteiger partial charge in [-0.25, -0.2) is 0 Å². The van der Waals surface area contributed by atoms with Gasteiger partial charge in [-0.15, -0.1) is 0 Å². The van der Waals surface area contributed by atoms with Gasteiger partial charge < -0.3 is 9.59 Å². The SMILES string of the molecule is CCCCCCCCCCCC[N+](C)(C)C(C)C(O)c1ccccc1. The van der Waals surface area contributed by atoms with Crippen LogP contribution in [0.2, 0.25) is 0 Å². The Morgan fingerprint density at radius 2 is 1.28 bits per heavy atom. The Labute approximate surface area is 156 Å². The molecule has 2 nitrogen and oxygen atoms in total. The zero-order valence-corrected chi connectivity index (χ0v) is 17.2. The predicted octanol–water partition coefficient (Wildman–Crippen LogP) is 6.11. The van der Waals surface area contributed by atoms with E-state index in [-0.39, 0.29) is 12.1 Å². The molecule has 0 aliphatic heterocycles. The number of quaternary nitrogens is 1. The third kappa shape index (κ3) is 8.87. The van der Waals surface area contributed by atoms with E-state index in [2.05, 4.69) is 27.9 Å². The fraction of sp³-hybridized carbons (Fsp3) is 0.739. The van der Waals surface area contributed by atoms with Crippen molar-refractivity contribution in [2.45, 2.75) is 90.2 Å². The summed E-state index contributed by atoms with van der Waals surface area (Å²) in [6, 6.07) is 10.3. The summed E-state index contributed by atoms with van der Waals surface area (Å²) in [6.45, 7) is 5.59. The van der Waals surface area contributed by atoms with E-state index < -0.39 is 0 Å². The van der Waals surface area contributed by atoms with E-state index in [0.29, 0.717) is 0 Å². The second kappa shape index (κ2) is 12.5. The van der Waals surface area contributed by atoms with Crippen LogP contribution in [0.5, 0.6) is 0 Å². The number of unbranched alkanes of at least 4 members (excludes halogenated alkanes) is 9. The first-order valence-electron chi connectivity index (χ1n) is 10.5. The van der Waals surface area contributed by atoms with Crippen LogP contribution in [0.25, 0.3) is 0 Å². The van der Waals surface area contributed by atoms with Crippen molar-refractivity contribution in [3.63, 3.8) is 0 Å². The molecule has 0 fully saturated rings. The van der Waals surface area contributed by atoms with Gasteiger partial charge in [0.05, 0.1) is 20.6 Å². The highest BCUT2D eigenvalue weighted by molar-refractivity contribution is 5.18. The van der Waals surface area contributed by atoms with Gasteiger partial charge in [-0.2, -0.15) is 0 Å². The summed E-state index contributed by atoms with van der Waals surface area (Å²) in [5.74, 6) is 0. The van der Waals surface area contributed by atoms with Gasteiger partial charge in [0.1, 0.15) is 12.1 Å². The van der Waals surface area contributed by atoms with Crippen LogP contribution in [-0.4, -0.2) is 36.3 Å². The summed E-state index contributed by atoms with van der Waals surface area (Å²) in [5.41, 5.74) is 1.03. The Morgan fingerprint density at radius 1 is 0.800 bits per heavy atom. The third-order valence-electron chi connectivity index (χ3n) is 5.79. The van der Waals surface area contributed by atoms with Crippen LogP contribution >= 0.6 is 0 Å². The molecule has 0 bridgehead atoms. The van der Waals surface area contributed by atoms with Gasteiger partial charge in [-0.1, -0.05) is 88.6 Å². The molecule has 0 amide bonds. The molecule has 2 unspecified atom stereocenters. The molecule has 25 heavy (non-hydrogen) atoms. The zero-order chi connectivity index (χ0) is 18.5. The van der Waals surface area contributed by atoms with Crippen LogP contribution in [0.3, 0.4) is 0 Å². The van der Waals surface area contributed by atoms with E-state index in [0.717, 1.165) is 16.6 Å². The second-order valence-electron chi connectivity index (χ2n) is 8.28. The van der Waals surface area contributed by atoms with Gasteiger partial charge in [-0.3, -0.25) is 0 Å². The topological polar surface area (TPSA) is 20.2 Å². The molecule has 1 rings (SSSR count). The molecule has 0 aliphatic carbocycles. The monoisotopic (exact) mass is 348 g/mol. The fourth-order valence-electron chi connectivity index (χ4n) is 3.52. The number of hydrogen-bond donors (Lipinski definition) is 1. The largest absolute Gasteiger partial charge is 0.382 e. The van der Waals surface area contributed by atoms with Gasteiger partial charge in [0.2, 0.25) is 0 Å². The van der Waals surface area contributed by atoms with Crippen LogP contribution < -0.4 is 0 Å². The molecule has 1 aromatic rings. The predicted molar refractivity (Wildman–Crippen MR) is 110 cm³/mol. The summed E-state index contributed by atoms with van der Waals surface area (Å²) in [7, 11) is 4.51. The van der Waals surface area contributed by atoms with Crippen molar-refractivity contribution in [2.75, 3.05) is 20.6 Å². The maximum atomic E-state index is 10.7. The van der Waals surface area contributed by atoms with Gasteiger partial charge in [0.15, 0.2) is 0 Å². The van der Waals surface area contributed by atoms with Crippen molar-refractivity contribution >= 4 is 0 Å². The minimum Gasteiger partial charge on any atom is -0.382 e. The first-order chi connectivity index (χ1) is 12.0. The lowest BCUT2D eigenvalue weighted by atomic mass is 10.0. The number of aliphatic hydroxyl groups excluding tert-OH is 1. The van der Waals surface area contributed by atoms with Crippen LogP contribution in [0, 0.1) is 0 Å². The normalized spacial score (nSPS) is 14.4. The highest BCUT2D eigenvalue weighted by Crippen LogP contribution is 2.24. The van der Waals surface area contributed by atoms with E-state index in [1.807, 2.05) is 30.3 Å². The van der Waals surface area contributed by atoms with Crippen molar-refractivity contribution in [1.29, 1.82) is 0 Å². The Kier molecular flexibility index (Phi) is 11.1. The lowest BCUT2D eigenvalue weighted by Gasteiger charge is -2.38. The number of hydrogen-bond acceptors (Lipinski definition) is 1. The molecular formula is C23H42NO+. The molecular weight excluding hydrogens is 306 g/mol. The maximum Gasteiger partial charge on any atom is 0.130 e. The van der Waals surface area contributed by atoms with Crippen molar-refractivity contribution in [3.8, 4) is 0 Å². The smallest absolute Gasteiger partial charge is 0.130 e. The van der Waals surface area contributed by atoms with Crippen molar-refractivity contribution in [2.24, 2.45) is 0 Å². The molecule has 144 valence electrons. The van der Waals surface area contributed by atoms with Crippen LogP contribution in [-0.2, 0) is 0 Å². The Hall–Kier alpha value is -0.860. The molecule has 1 aromatic carbocycles. The average Bonchev–Trinajstić information content (AvgIpc) is 2.62. The Balaban J connectivity index is 2.18. The zero-order valence-electron chi connectivity index (χ0n) is 17.2. The number of aliphatic hydroxyl groups is 1. The fourth-order valence-corrected chi connectivity index (χ4v) is 3.52. The van der Waals surface area contributed by atoms with E-state index in [9.17, 15) is 5.11 Å². The van der Waals surface area contributed by atoms with E-state index in [1.165, 1.54) is 64.2 Å². The lowest BCUT2D eigenvalue weighted by Crippen LogP contribution is -2.50. The summed E-state index contributed by atoms with van der Waals surface area (Å²) in [5, 5.41) is 10.7. The highest BCUT2D eigenvalue weighted by Gasteiger charge is 2.30.